The van der Waals surface area contributed by atoms with Gasteiger partial charge in [0.05, 0.1) is 11.8 Å². The van der Waals surface area contributed by atoms with Gasteiger partial charge in [-0.3, -0.25) is 0 Å². The molecule has 21 nitrogen and oxygen atoms in total. The SMILES string of the molecule is Oc1ccc([C@H](c2c(O)c3c4c5c2O[C@H](c2ccc(O)cc2)[C@H]5c2cc(O)cc(O)c2[C@H](c2ccc(O)cc2)[C@@H]4[C@@H](c2ccc(O)cc2)[C@@H]3c2cc(O)cc3c2[C@@H](c2cc(O)cc(O)c2)[C@H](c2ccc(O)cc2)O3)[C@@H]2c3cc(O)cc(O)c3[C@H](c3ccc(O)cc3)[C@H]3c4c2c(O)cc(O)c4[C@H](c2cc(O)cc(O)c2)[C@@H]3c2ccc(O)cc2)cc1. The van der Waals surface area contributed by atoms with E-state index in [2.05, 4.69) is 0 Å². The topological polar surface area (TPSA) is 403 Å². The average molecular weight is 1590 g/mol. The van der Waals surface area contributed by atoms with Gasteiger partial charge in [0.25, 0.3) is 0 Å². The molecule has 2 aliphatic heterocycles. The van der Waals surface area contributed by atoms with Gasteiger partial charge in [0, 0.05) is 140 Å². The molecule has 592 valence electrons. The van der Waals surface area contributed by atoms with Crippen molar-refractivity contribution in [3.05, 3.63) is 371 Å². The van der Waals surface area contributed by atoms with Crippen molar-refractivity contribution in [2.45, 2.75) is 83.2 Å². The van der Waals surface area contributed by atoms with Gasteiger partial charge in [-0.05, 0) is 205 Å². The molecule has 6 aliphatic rings. The van der Waals surface area contributed by atoms with Crippen molar-refractivity contribution >= 4 is 0 Å². The third kappa shape index (κ3) is 11.4. The summed E-state index contributed by atoms with van der Waals surface area (Å²) in [6.45, 7) is 0. The Labute approximate surface area is 678 Å². The van der Waals surface area contributed by atoms with Crippen molar-refractivity contribution < 1.29 is 106 Å². The molecule has 0 spiro atoms. The first-order chi connectivity index (χ1) is 57.3. The molecule has 0 saturated carbocycles. The lowest BCUT2D eigenvalue weighted by atomic mass is 9.67. The number of hydrogen-bond acceptors (Lipinski definition) is 21. The quantitative estimate of drug-likeness (QED) is 0.0540. The fourth-order valence-corrected chi connectivity index (χ4v) is 21.5. The number of aromatic hydroxyl groups is 19. The van der Waals surface area contributed by atoms with Crippen LogP contribution in [0.1, 0.15) is 206 Å². The molecule has 0 saturated heterocycles. The monoisotopic (exact) mass is 1590 g/mol. The van der Waals surface area contributed by atoms with Crippen LogP contribution in [0.2, 0.25) is 0 Å². The number of ether oxygens (including phenoxy) is 2. The van der Waals surface area contributed by atoms with E-state index < -0.39 is 118 Å². The smallest absolute Gasteiger partial charge is 0.135 e. The lowest BCUT2D eigenvalue weighted by Crippen LogP contribution is -2.21. The third-order valence-electron chi connectivity index (χ3n) is 25.6. The van der Waals surface area contributed by atoms with Crippen LogP contribution in [0.4, 0.5) is 0 Å². The molecular formula is C98H74O21. The van der Waals surface area contributed by atoms with Crippen molar-refractivity contribution in [1.82, 2.24) is 0 Å². The van der Waals surface area contributed by atoms with Crippen LogP contribution in [0.15, 0.2) is 249 Å². The lowest BCUT2D eigenvalue weighted by molar-refractivity contribution is 0.218. The second-order valence-corrected chi connectivity index (χ2v) is 32.1. The molecule has 0 aromatic heterocycles. The second-order valence-electron chi connectivity index (χ2n) is 32.1. The minimum atomic E-state index is -1.61. The van der Waals surface area contributed by atoms with Crippen LogP contribution in [0, 0.1) is 0 Å². The Bertz CT molecular complexity index is 6450. The summed E-state index contributed by atoms with van der Waals surface area (Å²) in [6.07, 6.45) is -2.37. The summed E-state index contributed by atoms with van der Waals surface area (Å²) in [6, 6.07) is 61.5. The second kappa shape index (κ2) is 27.0. The zero-order chi connectivity index (χ0) is 82.3. The first-order valence-electron chi connectivity index (χ1n) is 38.7. The number of phenolic OH excluding ortho intramolecular Hbond substituents is 19. The van der Waals surface area contributed by atoms with Crippen molar-refractivity contribution in [1.29, 1.82) is 0 Å². The fourth-order valence-electron chi connectivity index (χ4n) is 21.5. The Morgan fingerprint density at radius 2 is 0.555 bits per heavy atom. The Hall–Kier alpha value is -15.1. The summed E-state index contributed by atoms with van der Waals surface area (Å²) < 4.78 is 15.1. The molecule has 19 N–H and O–H groups in total. The molecule has 0 radical (unpaired) electrons. The highest BCUT2D eigenvalue weighted by atomic mass is 16.5. The van der Waals surface area contributed by atoms with Gasteiger partial charge in [0.2, 0.25) is 0 Å². The number of benzene rings is 14. The number of phenols is 19. The zero-order valence-electron chi connectivity index (χ0n) is 62.6. The number of hydrogen-bond donors (Lipinski definition) is 19. The molecule has 0 amide bonds. The van der Waals surface area contributed by atoms with Crippen LogP contribution in [0.5, 0.6) is 121 Å². The van der Waals surface area contributed by atoms with Crippen molar-refractivity contribution in [2.75, 3.05) is 0 Å². The standard InChI is InChI=1S/C98H74O21/c99-51-15-1-42(2-16-51)73-78(49-29-58(106)33-59(107)30-49)86-70(115)41-71(116)87-83(65-35-62(110)38-68(113)80(65)74(88(73)90(86)87)43-3-17-52(100)18-4-43)77(46-9-23-55(103)24-10-46)94-95(117)92-84(67-37-64(112)40-72-82(67)79(50-31-60(108)34-61(109)32-50)96(118-72)47-11-25-56(104)26-12-47)76(45-7-21-54(102)22-8-45)89-75(44-5-19-53(101)20-6-44)81-66(36-63(111)39-69(81)114)85-93(91(89)92)98(94)119-97(85)48-13-27-57(105)28-14-48/h1-41,73-79,83-85,88-89,96-97,99-117H/t73-,74-,75-,76-,77-,78+,79+,83-,84-,85-,88-,89+,96-,97+/m0/s1. The highest BCUT2D eigenvalue weighted by Crippen LogP contribution is 2.76. The minimum absolute atomic E-state index is 0.0241. The van der Waals surface area contributed by atoms with E-state index in [-0.39, 0.29) is 147 Å². The van der Waals surface area contributed by atoms with Crippen LogP contribution in [0.3, 0.4) is 0 Å². The van der Waals surface area contributed by atoms with E-state index in [0.717, 1.165) is 24.3 Å². The Morgan fingerprint density at radius 1 is 0.210 bits per heavy atom. The summed E-state index contributed by atoms with van der Waals surface area (Å²) in [5.74, 6) is -20.6. The van der Waals surface area contributed by atoms with Gasteiger partial charge < -0.3 is 106 Å². The maximum Gasteiger partial charge on any atom is 0.135 e. The summed E-state index contributed by atoms with van der Waals surface area (Å²) in [4.78, 5) is 0. The summed E-state index contributed by atoms with van der Waals surface area (Å²) in [5.41, 5.74) is 6.21. The van der Waals surface area contributed by atoms with Gasteiger partial charge in [-0.15, -0.1) is 0 Å². The Balaban J connectivity index is 0.991. The maximum absolute atomic E-state index is 15.8. The Morgan fingerprint density at radius 3 is 1.03 bits per heavy atom. The first kappa shape index (κ1) is 72.8. The van der Waals surface area contributed by atoms with Gasteiger partial charge in [-0.1, -0.05) is 84.9 Å². The summed E-state index contributed by atoms with van der Waals surface area (Å²) in [7, 11) is 0. The lowest BCUT2D eigenvalue weighted by Gasteiger charge is -2.35. The third-order valence-corrected chi connectivity index (χ3v) is 25.6. The van der Waals surface area contributed by atoms with Crippen molar-refractivity contribution in [3.63, 3.8) is 0 Å². The molecule has 21 heteroatoms. The Kier molecular flexibility index (Phi) is 16.5. The highest BCUT2D eigenvalue weighted by molar-refractivity contribution is 5.80. The molecular weight excluding hydrogens is 1510 g/mol. The highest BCUT2D eigenvalue weighted by Gasteiger charge is 2.61. The van der Waals surface area contributed by atoms with E-state index in [1.54, 1.807) is 91.0 Å². The normalized spacial score (nSPS) is 22.1. The average Bonchev–Trinajstić information content (AvgIpc) is 1.50. The first-order valence-corrected chi connectivity index (χ1v) is 38.7. The van der Waals surface area contributed by atoms with Crippen LogP contribution < -0.4 is 9.47 Å². The molecule has 2 heterocycles. The van der Waals surface area contributed by atoms with E-state index in [0.29, 0.717) is 61.2 Å². The summed E-state index contributed by atoms with van der Waals surface area (Å²) >= 11 is 0. The molecule has 14 aromatic rings. The van der Waals surface area contributed by atoms with Crippen LogP contribution in [-0.4, -0.2) is 97.0 Å². The van der Waals surface area contributed by atoms with E-state index >= 15 is 5.11 Å². The van der Waals surface area contributed by atoms with E-state index in [9.17, 15) is 91.9 Å². The van der Waals surface area contributed by atoms with Gasteiger partial charge in [0.1, 0.15) is 133 Å². The molecule has 0 unspecified atom stereocenters. The van der Waals surface area contributed by atoms with Gasteiger partial charge in [-0.2, -0.15) is 0 Å². The van der Waals surface area contributed by atoms with Crippen molar-refractivity contribution in [3.8, 4) is 121 Å². The molecule has 14 atom stereocenters. The molecule has 0 bridgehead atoms. The van der Waals surface area contributed by atoms with Crippen LogP contribution in [-0.2, 0) is 0 Å². The number of fused-ring (bicyclic) bond motifs is 4. The van der Waals surface area contributed by atoms with Gasteiger partial charge >= 0.3 is 0 Å². The molecule has 119 heavy (non-hydrogen) atoms. The van der Waals surface area contributed by atoms with Crippen molar-refractivity contribution in [2.24, 2.45) is 0 Å². The van der Waals surface area contributed by atoms with Gasteiger partial charge in [0.15, 0.2) is 0 Å². The zero-order valence-corrected chi connectivity index (χ0v) is 62.6. The van der Waals surface area contributed by atoms with E-state index in [1.165, 1.54) is 133 Å². The predicted molar refractivity (Wildman–Crippen MR) is 434 cm³/mol. The summed E-state index contributed by atoms with van der Waals surface area (Å²) in [5, 5.41) is 234. The maximum atomic E-state index is 15.8. The van der Waals surface area contributed by atoms with Gasteiger partial charge in [-0.25, -0.2) is 0 Å². The van der Waals surface area contributed by atoms with Crippen LogP contribution in [0.25, 0.3) is 0 Å². The van der Waals surface area contributed by atoms with E-state index in [1.807, 2.05) is 0 Å². The molecule has 4 aliphatic carbocycles. The fraction of sp³-hybridized carbons (Fsp3) is 0.143. The molecule has 14 aromatic carbocycles. The molecule has 0 fully saturated rings. The number of rotatable bonds is 12. The minimum Gasteiger partial charge on any atom is -0.508 e. The van der Waals surface area contributed by atoms with E-state index in [4.69, 9.17) is 9.47 Å². The molecule has 20 rings (SSSR count). The largest absolute Gasteiger partial charge is 0.508 e. The van der Waals surface area contributed by atoms with Crippen LogP contribution >= 0.6 is 0 Å². The predicted octanol–water partition coefficient (Wildman–Crippen LogP) is 17.9.